The Hall–Kier alpha value is -1.97. The maximum atomic E-state index is 11.7. The summed E-state index contributed by atoms with van der Waals surface area (Å²) >= 11 is 0. The van der Waals surface area contributed by atoms with Crippen molar-refractivity contribution in [3.63, 3.8) is 0 Å². The highest BCUT2D eigenvalue weighted by Crippen LogP contribution is 2.30. The maximum Gasteiger partial charge on any atom is 0.249 e. The first-order valence-corrected chi connectivity index (χ1v) is 7.05. The molecule has 4 nitrogen and oxygen atoms in total. The van der Waals surface area contributed by atoms with Gasteiger partial charge in [0.25, 0.3) is 0 Å². The Morgan fingerprint density at radius 3 is 2.75 bits per heavy atom. The molecule has 0 bridgehead atoms. The van der Waals surface area contributed by atoms with Crippen molar-refractivity contribution in [1.82, 2.24) is 10.9 Å². The first kappa shape index (κ1) is 14.4. The van der Waals surface area contributed by atoms with Gasteiger partial charge in [-0.25, -0.2) is 0 Å². The summed E-state index contributed by atoms with van der Waals surface area (Å²) in [6.45, 7) is 6.67. The lowest BCUT2D eigenvalue weighted by Crippen LogP contribution is -2.28. The van der Waals surface area contributed by atoms with Crippen molar-refractivity contribution in [2.75, 3.05) is 6.61 Å². The second kappa shape index (κ2) is 5.99. The zero-order valence-corrected chi connectivity index (χ0v) is 12.3. The van der Waals surface area contributed by atoms with Crippen molar-refractivity contribution in [3.8, 4) is 5.75 Å². The molecule has 0 radical (unpaired) electrons. The molecule has 1 aromatic carbocycles. The molecule has 108 valence electrons. The first-order chi connectivity index (χ1) is 9.54. The van der Waals surface area contributed by atoms with Gasteiger partial charge in [0.2, 0.25) is 5.91 Å². The summed E-state index contributed by atoms with van der Waals surface area (Å²) in [6, 6.07) is 7.91. The second-order valence-electron chi connectivity index (χ2n) is 5.54. The number of hydrogen-bond acceptors (Lipinski definition) is 3. The Labute approximate surface area is 120 Å². The molecule has 1 aliphatic heterocycles. The van der Waals surface area contributed by atoms with E-state index in [-0.39, 0.29) is 5.91 Å². The van der Waals surface area contributed by atoms with Gasteiger partial charge < -0.3 is 10.2 Å². The zero-order valence-electron chi connectivity index (χ0n) is 12.3. The number of rotatable bonds is 5. The Kier molecular flexibility index (Phi) is 4.32. The molecule has 0 aliphatic carbocycles. The van der Waals surface area contributed by atoms with Gasteiger partial charge in [-0.3, -0.25) is 10.2 Å². The van der Waals surface area contributed by atoms with Crippen molar-refractivity contribution >= 4 is 12.0 Å². The quantitative estimate of drug-likeness (QED) is 0.812. The molecule has 2 N–H and O–H groups in total. The maximum absolute atomic E-state index is 11.7. The van der Waals surface area contributed by atoms with E-state index in [9.17, 15) is 4.79 Å². The molecular weight excluding hydrogens is 252 g/mol. The van der Waals surface area contributed by atoms with E-state index in [1.807, 2.05) is 44.2 Å². The Morgan fingerprint density at radius 1 is 1.30 bits per heavy atom. The summed E-state index contributed by atoms with van der Waals surface area (Å²) in [5, 5.41) is 0. The van der Waals surface area contributed by atoms with Gasteiger partial charge in [-0.2, -0.15) is 0 Å². The van der Waals surface area contributed by atoms with Crippen molar-refractivity contribution < 1.29 is 9.53 Å². The second-order valence-corrected chi connectivity index (χ2v) is 5.54. The van der Waals surface area contributed by atoms with Gasteiger partial charge in [0.1, 0.15) is 5.75 Å². The summed E-state index contributed by atoms with van der Waals surface area (Å²) in [4.78, 5) is 11.7. The molecule has 1 amide bonds. The van der Waals surface area contributed by atoms with Gasteiger partial charge in [-0.05, 0) is 44.0 Å². The molecule has 1 aliphatic rings. The Bertz CT molecular complexity index is 521. The molecule has 1 heterocycles. The van der Waals surface area contributed by atoms with Crippen LogP contribution >= 0.6 is 0 Å². The van der Waals surface area contributed by atoms with E-state index in [0.717, 1.165) is 36.5 Å². The van der Waals surface area contributed by atoms with Gasteiger partial charge in [-0.15, -0.1) is 0 Å². The van der Waals surface area contributed by atoms with Crippen LogP contribution in [0.4, 0.5) is 0 Å². The molecule has 1 aromatic rings. The molecule has 4 heteroatoms. The molecule has 2 rings (SSSR count). The van der Waals surface area contributed by atoms with Crippen LogP contribution < -0.4 is 15.6 Å². The summed E-state index contributed by atoms with van der Waals surface area (Å²) in [5.74, 6) is 0.849. The van der Waals surface area contributed by atoms with E-state index in [4.69, 9.17) is 4.74 Å². The van der Waals surface area contributed by atoms with E-state index in [0.29, 0.717) is 0 Å². The number of ether oxygens (including phenoxy) is 1. The number of nitrogens with one attached hydrogen (secondary N) is 2. The summed E-state index contributed by atoms with van der Waals surface area (Å²) in [7, 11) is 0. The topological polar surface area (TPSA) is 50.4 Å². The van der Waals surface area contributed by atoms with Crippen molar-refractivity contribution in [1.29, 1.82) is 0 Å². The third-order valence-electron chi connectivity index (χ3n) is 3.49. The van der Waals surface area contributed by atoms with Crippen molar-refractivity contribution in [3.05, 3.63) is 35.5 Å². The minimum absolute atomic E-state index is 0.0147. The Morgan fingerprint density at radius 2 is 2.10 bits per heavy atom. The van der Waals surface area contributed by atoms with Crippen LogP contribution in [-0.2, 0) is 4.79 Å². The molecule has 1 saturated heterocycles. The highest BCUT2D eigenvalue weighted by atomic mass is 16.5. The summed E-state index contributed by atoms with van der Waals surface area (Å²) in [5.41, 5.74) is 6.95. The van der Waals surface area contributed by atoms with Crippen LogP contribution in [0.25, 0.3) is 6.08 Å². The molecule has 0 atom stereocenters. The van der Waals surface area contributed by atoms with E-state index in [1.54, 1.807) is 0 Å². The largest absolute Gasteiger partial charge is 0.494 e. The summed E-state index contributed by atoms with van der Waals surface area (Å²) < 4.78 is 5.69. The van der Waals surface area contributed by atoms with Crippen LogP contribution in [0, 0.1) is 5.41 Å². The van der Waals surface area contributed by atoms with Crippen LogP contribution in [-0.4, -0.2) is 12.5 Å². The van der Waals surface area contributed by atoms with Gasteiger partial charge in [-0.1, -0.05) is 25.5 Å². The third-order valence-corrected chi connectivity index (χ3v) is 3.49. The fourth-order valence-corrected chi connectivity index (χ4v) is 1.97. The fourth-order valence-electron chi connectivity index (χ4n) is 1.97. The van der Waals surface area contributed by atoms with Crippen LogP contribution in [0.5, 0.6) is 5.75 Å². The third kappa shape index (κ3) is 3.13. The molecule has 0 unspecified atom stereocenters. The average molecular weight is 274 g/mol. The predicted molar refractivity (Wildman–Crippen MR) is 79.9 cm³/mol. The minimum atomic E-state index is -0.529. The van der Waals surface area contributed by atoms with Crippen LogP contribution in [0.1, 0.15) is 39.2 Å². The van der Waals surface area contributed by atoms with Crippen LogP contribution in [0.3, 0.4) is 0 Å². The Balaban J connectivity index is 2.13. The molecular formula is C16H22N2O2. The molecule has 0 spiro atoms. The van der Waals surface area contributed by atoms with Crippen LogP contribution in [0.2, 0.25) is 0 Å². The van der Waals surface area contributed by atoms with E-state index < -0.39 is 5.41 Å². The standard InChI is InChI=1S/C16H22N2O2/c1-4-5-9-20-13-8-6-7-12(10-13)11-14-16(2,3)15(19)18-17-14/h6-8,10-11,17H,4-5,9H2,1-3H3,(H,18,19)/b14-11-. The predicted octanol–water partition coefficient (Wildman–Crippen LogP) is 2.87. The number of benzene rings is 1. The first-order valence-electron chi connectivity index (χ1n) is 7.05. The van der Waals surface area contributed by atoms with E-state index >= 15 is 0 Å². The molecule has 0 aromatic heterocycles. The molecule has 20 heavy (non-hydrogen) atoms. The number of amides is 1. The van der Waals surface area contributed by atoms with Gasteiger partial charge in [0.05, 0.1) is 12.0 Å². The normalized spacial score (nSPS) is 18.8. The lowest BCUT2D eigenvalue weighted by Gasteiger charge is -2.14. The minimum Gasteiger partial charge on any atom is -0.494 e. The number of unbranched alkanes of at least 4 members (excludes halogenated alkanes) is 1. The van der Waals surface area contributed by atoms with Crippen LogP contribution in [0.15, 0.2) is 30.0 Å². The lowest BCUT2D eigenvalue weighted by molar-refractivity contribution is -0.125. The smallest absolute Gasteiger partial charge is 0.249 e. The van der Waals surface area contributed by atoms with Gasteiger partial charge in [0.15, 0.2) is 0 Å². The number of hydrazine groups is 1. The van der Waals surface area contributed by atoms with Crippen molar-refractivity contribution in [2.45, 2.75) is 33.6 Å². The molecule has 0 saturated carbocycles. The number of carbonyl (C=O) groups is 1. The molecule has 1 fully saturated rings. The van der Waals surface area contributed by atoms with E-state index in [1.165, 1.54) is 0 Å². The highest BCUT2D eigenvalue weighted by molar-refractivity contribution is 5.89. The van der Waals surface area contributed by atoms with Gasteiger partial charge >= 0.3 is 0 Å². The van der Waals surface area contributed by atoms with Gasteiger partial charge in [0, 0.05) is 5.70 Å². The zero-order chi connectivity index (χ0) is 14.6. The van der Waals surface area contributed by atoms with E-state index in [2.05, 4.69) is 17.8 Å². The fraction of sp³-hybridized carbons (Fsp3) is 0.438. The monoisotopic (exact) mass is 274 g/mol. The highest BCUT2D eigenvalue weighted by Gasteiger charge is 2.37. The lowest BCUT2D eigenvalue weighted by atomic mass is 9.89. The number of hydrogen-bond donors (Lipinski definition) is 2. The van der Waals surface area contributed by atoms with Crippen molar-refractivity contribution in [2.24, 2.45) is 5.41 Å². The number of carbonyl (C=O) groups excluding carboxylic acids is 1. The SMILES string of the molecule is CCCCOc1cccc(/C=C2\NNC(=O)C2(C)C)c1. The average Bonchev–Trinajstić information content (AvgIpc) is 2.67. The summed E-state index contributed by atoms with van der Waals surface area (Å²) in [6.07, 6.45) is 4.15.